The van der Waals surface area contributed by atoms with Gasteiger partial charge in [-0.25, -0.2) is 15.0 Å². The summed E-state index contributed by atoms with van der Waals surface area (Å²) in [5.41, 5.74) is -1.22. The third kappa shape index (κ3) is 5.76. The van der Waals surface area contributed by atoms with Crippen LogP contribution in [0.4, 0.5) is 22.0 Å². The standard InChI is InChI=1S/C17H11Br2F5N6O2/c1-7(27-13(31)8-2-9(17(22,23)24)4-10(18)3-8)12-28-14(19)29-30(12)16-25-5-11(6-26-16)32-15(20)21/h2-7,15H,1H3,(H,27,31). The first kappa shape index (κ1) is 24.0. The number of carbonyl (C=O) groups is 1. The van der Waals surface area contributed by atoms with Crippen molar-refractivity contribution in [2.75, 3.05) is 0 Å². The van der Waals surface area contributed by atoms with Gasteiger partial charge in [0.05, 0.1) is 24.0 Å². The number of aromatic nitrogens is 5. The molecule has 32 heavy (non-hydrogen) atoms. The third-order valence-electron chi connectivity index (χ3n) is 3.86. The number of hydrogen-bond acceptors (Lipinski definition) is 6. The zero-order valence-electron chi connectivity index (χ0n) is 15.7. The molecule has 2 heterocycles. The van der Waals surface area contributed by atoms with E-state index in [9.17, 15) is 26.7 Å². The van der Waals surface area contributed by atoms with Crippen molar-refractivity contribution in [3.8, 4) is 11.7 Å². The van der Waals surface area contributed by atoms with Crippen molar-refractivity contribution in [2.45, 2.75) is 25.8 Å². The number of ether oxygens (including phenoxy) is 1. The number of nitrogens with one attached hydrogen (secondary N) is 1. The number of halogens is 7. The van der Waals surface area contributed by atoms with Gasteiger partial charge in [0.25, 0.3) is 11.9 Å². The molecule has 15 heteroatoms. The predicted molar refractivity (Wildman–Crippen MR) is 106 cm³/mol. The molecular formula is C17H11Br2F5N6O2. The van der Waals surface area contributed by atoms with Crippen molar-refractivity contribution in [1.29, 1.82) is 0 Å². The first-order valence-electron chi connectivity index (χ1n) is 8.52. The monoisotopic (exact) mass is 584 g/mol. The maximum absolute atomic E-state index is 13.0. The van der Waals surface area contributed by atoms with Crippen LogP contribution >= 0.6 is 31.9 Å². The molecule has 2 aromatic heterocycles. The van der Waals surface area contributed by atoms with Crippen LogP contribution < -0.4 is 10.1 Å². The molecule has 1 aromatic carbocycles. The van der Waals surface area contributed by atoms with Crippen LogP contribution in [-0.4, -0.2) is 37.3 Å². The van der Waals surface area contributed by atoms with E-state index in [-0.39, 0.29) is 32.3 Å². The molecular weight excluding hydrogens is 575 g/mol. The number of rotatable bonds is 6. The van der Waals surface area contributed by atoms with Gasteiger partial charge >= 0.3 is 12.8 Å². The molecule has 3 aromatic rings. The first-order chi connectivity index (χ1) is 14.9. The third-order valence-corrected chi connectivity index (χ3v) is 4.65. The molecule has 0 spiro atoms. The van der Waals surface area contributed by atoms with Crippen molar-refractivity contribution < 1.29 is 31.5 Å². The molecule has 0 saturated carbocycles. The van der Waals surface area contributed by atoms with Gasteiger partial charge in [0.1, 0.15) is 0 Å². The minimum absolute atomic E-state index is 0.0669. The number of carbonyl (C=O) groups excluding carboxylic acids is 1. The van der Waals surface area contributed by atoms with Gasteiger partial charge in [-0.1, -0.05) is 15.9 Å². The fourth-order valence-corrected chi connectivity index (χ4v) is 3.37. The Hall–Kier alpha value is -2.68. The zero-order valence-corrected chi connectivity index (χ0v) is 18.9. The highest BCUT2D eigenvalue weighted by atomic mass is 79.9. The summed E-state index contributed by atoms with van der Waals surface area (Å²) in [7, 11) is 0. The van der Waals surface area contributed by atoms with Crippen LogP contribution in [0, 0.1) is 0 Å². The summed E-state index contributed by atoms with van der Waals surface area (Å²) in [6.45, 7) is -1.53. The minimum atomic E-state index is -4.63. The molecule has 0 bridgehead atoms. The van der Waals surface area contributed by atoms with Gasteiger partial charge in [0, 0.05) is 10.0 Å². The first-order valence-corrected chi connectivity index (χ1v) is 10.1. The van der Waals surface area contributed by atoms with Gasteiger partial charge < -0.3 is 10.1 Å². The lowest BCUT2D eigenvalue weighted by molar-refractivity contribution is -0.137. The fraction of sp³-hybridized carbons (Fsp3) is 0.235. The Bertz CT molecular complexity index is 1120. The molecule has 8 nitrogen and oxygen atoms in total. The number of hydrogen-bond donors (Lipinski definition) is 1. The van der Waals surface area contributed by atoms with Gasteiger partial charge in [-0.2, -0.15) is 26.6 Å². The maximum atomic E-state index is 13.0. The number of benzene rings is 1. The van der Waals surface area contributed by atoms with E-state index in [2.05, 4.69) is 62.0 Å². The lowest BCUT2D eigenvalue weighted by Crippen LogP contribution is -2.29. The molecule has 170 valence electrons. The lowest BCUT2D eigenvalue weighted by Gasteiger charge is -2.15. The fourth-order valence-electron chi connectivity index (χ4n) is 2.54. The lowest BCUT2D eigenvalue weighted by atomic mass is 10.1. The highest BCUT2D eigenvalue weighted by Gasteiger charge is 2.32. The van der Waals surface area contributed by atoms with E-state index < -0.39 is 30.3 Å². The Morgan fingerprint density at radius 1 is 1.16 bits per heavy atom. The van der Waals surface area contributed by atoms with E-state index >= 15 is 0 Å². The average Bonchev–Trinajstić information content (AvgIpc) is 3.09. The Labute approximate surface area is 193 Å². The van der Waals surface area contributed by atoms with Gasteiger partial charge in [-0.3, -0.25) is 4.79 Å². The van der Waals surface area contributed by atoms with E-state index in [4.69, 9.17) is 0 Å². The second kappa shape index (κ2) is 9.44. The highest BCUT2D eigenvalue weighted by Crippen LogP contribution is 2.32. The zero-order chi connectivity index (χ0) is 23.6. The van der Waals surface area contributed by atoms with E-state index in [1.807, 2.05) is 0 Å². The normalized spacial score (nSPS) is 12.7. The van der Waals surface area contributed by atoms with Crippen LogP contribution in [-0.2, 0) is 6.18 Å². The maximum Gasteiger partial charge on any atom is 0.416 e. The SMILES string of the molecule is CC(NC(=O)c1cc(Br)cc(C(F)(F)F)c1)c1nc(Br)nn1-c1ncc(OC(F)F)cn1. The molecule has 0 aliphatic rings. The average molecular weight is 586 g/mol. The summed E-state index contributed by atoms with van der Waals surface area (Å²) in [5.74, 6) is -1.01. The van der Waals surface area contributed by atoms with E-state index in [0.29, 0.717) is 0 Å². The molecule has 1 amide bonds. The molecule has 1 atom stereocenters. The van der Waals surface area contributed by atoms with Crippen LogP contribution in [0.3, 0.4) is 0 Å². The van der Waals surface area contributed by atoms with Crippen molar-refractivity contribution >= 4 is 37.8 Å². The Morgan fingerprint density at radius 2 is 1.81 bits per heavy atom. The van der Waals surface area contributed by atoms with Crippen LogP contribution in [0.5, 0.6) is 5.75 Å². The minimum Gasteiger partial charge on any atom is -0.432 e. The molecule has 1 N–H and O–H groups in total. The summed E-state index contributed by atoms with van der Waals surface area (Å²) in [4.78, 5) is 24.4. The van der Waals surface area contributed by atoms with Crippen LogP contribution in [0.25, 0.3) is 5.95 Å². The Balaban J connectivity index is 1.84. The number of alkyl halides is 5. The smallest absolute Gasteiger partial charge is 0.416 e. The van der Waals surface area contributed by atoms with Gasteiger partial charge in [0.2, 0.25) is 4.73 Å². The van der Waals surface area contributed by atoms with Crippen LogP contribution in [0.15, 0.2) is 39.8 Å². The van der Waals surface area contributed by atoms with Crippen LogP contribution in [0.1, 0.15) is 34.7 Å². The predicted octanol–water partition coefficient (Wildman–Crippen LogP) is 4.69. The summed E-state index contributed by atoms with van der Waals surface area (Å²) >= 11 is 6.05. The Morgan fingerprint density at radius 3 is 2.41 bits per heavy atom. The summed E-state index contributed by atoms with van der Waals surface area (Å²) in [6, 6.07) is 1.96. The number of nitrogens with zero attached hydrogens (tertiary/aromatic N) is 5. The van der Waals surface area contributed by atoms with E-state index in [1.54, 1.807) is 0 Å². The second-order valence-corrected chi connectivity index (χ2v) is 7.79. The molecule has 0 saturated heterocycles. The van der Waals surface area contributed by atoms with Crippen molar-refractivity contribution in [1.82, 2.24) is 30.0 Å². The topological polar surface area (TPSA) is 94.8 Å². The molecule has 1 unspecified atom stereocenters. The van der Waals surface area contributed by atoms with Crippen molar-refractivity contribution in [2.24, 2.45) is 0 Å². The summed E-state index contributed by atoms with van der Waals surface area (Å²) in [5, 5.41) is 6.56. The number of amides is 1. The quantitative estimate of drug-likeness (QED) is 0.422. The van der Waals surface area contributed by atoms with Crippen LogP contribution in [0.2, 0.25) is 0 Å². The second-order valence-electron chi connectivity index (χ2n) is 6.17. The summed E-state index contributed by atoms with van der Waals surface area (Å²) < 4.78 is 69.2. The molecule has 0 aliphatic heterocycles. The molecule has 0 fully saturated rings. The summed E-state index contributed by atoms with van der Waals surface area (Å²) in [6.07, 6.45) is -2.64. The van der Waals surface area contributed by atoms with Crippen molar-refractivity contribution in [3.63, 3.8) is 0 Å². The van der Waals surface area contributed by atoms with E-state index in [1.165, 1.54) is 13.0 Å². The molecule has 0 radical (unpaired) electrons. The molecule has 0 aliphatic carbocycles. The highest BCUT2D eigenvalue weighted by molar-refractivity contribution is 9.10. The van der Waals surface area contributed by atoms with Gasteiger partial charge in [-0.15, -0.1) is 5.10 Å². The van der Waals surface area contributed by atoms with E-state index in [0.717, 1.165) is 29.2 Å². The Kier molecular flexibility index (Phi) is 7.07. The van der Waals surface area contributed by atoms with Gasteiger partial charge in [-0.05, 0) is 41.1 Å². The van der Waals surface area contributed by atoms with Gasteiger partial charge in [0.15, 0.2) is 11.6 Å². The van der Waals surface area contributed by atoms with Crippen molar-refractivity contribution in [3.05, 3.63) is 56.8 Å². The largest absolute Gasteiger partial charge is 0.432 e. The molecule has 3 rings (SSSR count).